The molecule has 1 saturated heterocycles. The second-order valence-electron chi connectivity index (χ2n) is 7.58. The summed E-state index contributed by atoms with van der Waals surface area (Å²) in [5.74, 6) is -1.41. The number of halogens is 2. The van der Waals surface area contributed by atoms with Crippen molar-refractivity contribution in [2.75, 3.05) is 44.3 Å². The molecule has 1 aliphatic heterocycles. The first-order chi connectivity index (χ1) is 16.1. The third-order valence-corrected chi connectivity index (χ3v) is 6.43. The minimum Gasteiger partial charge on any atom is -0.379 e. The standard InChI is InChI=1S/C23H20F2N4O3S/c24-16-12-17(25)21-20(13-16)33-23(26-21)29(7-6-28-8-10-31-11-9-28)22(30)18-14-19(32-27-18)15-4-2-1-3-5-15/h1-5,12-14H,6-11H2. The molecule has 2 aromatic heterocycles. The largest absolute Gasteiger partial charge is 0.379 e. The van der Waals surface area contributed by atoms with Crippen LogP contribution in [0.2, 0.25) is 0 Å². The van der Waals surface area contributed by atoms with Crippen molar-refractivity contribution in [2.45, 2.75) is 0 Å². The molecule has 0 unspecified atom stereocenters. The third kappa shape index (κ3) is 4.63. The van der Waals surface area contributed by atoms with Crippen LogP contribution in [0.25, 0.3) is 21.5 Å². The molecule has 1 aliphatic rings. The van der Waals surface area contributed by atoms with Gasteiger partial charge in [0.2, 0.25) is 0 Å². The number of fused-ring (bicyclic) bond motifs is 1. The number of amides is 1. The van der Waals surface area contributed by atoms with Crippen LogP contribution in [0.15, 0.2) is 53.1 Å². The zero-order valence-corrected chi connectivity index (χ0v) is 18.4. The Morgan fingerprint density at radius 2 is 1.91 bits per heavy atom. The van der Waals surface area contributed by atoms with Crippen LogP contribution in [0.1, 0.15) is 10.5 Å². The summed E-state index contributed by atoms with van der Waals surface area (Å²) in [7, 11) is 0. The summed E-state index contributed by atoms with van der Waals surface area (Å²) in [5.41, 5.74) is 0.939. The number of thiazole rings is 1. The molecule has 0 saturated carbocycles. The topological polar surface area (TPSA) is 71.7 Å². The molecule has 0 atom stereocenters. The SMILES string of the molecule is O=C(c1cc(-c2ccccc2)on1)N(CCN1CCOCC1)c1nc2c(F)cc(F)cc2s1. The van der Waals surface area contributed by atoms with E-state index in [2.05, 4.69) is 15.0 Å². The molecule has 7 nitrogen and oxygen atoms in total. The Labute approximate surface area is 192 Å². The first kappa shape index (κ1) is 21.6. The van der Waals surface area contributed by atoms with Gasteiger partial charge in [-0.3, -0.25) is 14.6 Å². The van der Waals surface area contributed by atoms with E-state index in [0.29, 0.717) is 36.8 Å². The van der Waals surface area contributed by atoms with Crippen molar-refractivity contribution >= 4 is 32.6 Å². The molecule has 4 aromatic rings. The van der Waals surface area contributed by atoms with Gasteiger partial charge in [-0.25, -0.2) is 13.8 Å². The summed E-state index contributed by atoms with van der Waals surface area (Å²) in [6.45, 7) is 3.64. The molecular weight excluding hydrogens is 450 g/mol. The lowest BCUT2D eigenvalue weighted by atomic mass is 10.1. The van der Waals surface area contributed by atoms with Crippen LogP contribution in [0.3, 0.4) is 0 Å². The van der Waals surface area contributed by atoms with Gasteiger partial charge in [0, 0.05) is 43.9 Å². The molecule has 3 heterocycles. The maximum absolute atomic E-state index is 14.3. The third-order valence-electron chi connectivity index (χ3n) is 5.41. The van der Waals surface area contributed by atoms with Gasteiger partial charge in [-0.1, -0.05) is 46.8 Å². The van der Waals surface area contributed by atoms with E-state index in [1.54, 1.807) is 6.07 Å². The number of aromatic nitrogens is 2. The fourth-order valence-electron chi connectivity index (χ4n) is 3.66. The van der Waals surface area contributed by atoms with Gasteiger partial charge in [0.1, 0.15) is 11.3 Å². The van der Waals surface area contributed by atoms with E-state index in [1.807, 2.05) is 30.3 Å². The first-order valence-corrected chi connectivity index (χ1v) is 11.3. The van der Waals surface area contributed by atoms with Gasteiger partial charge in [0.15, 0.2) is 22.4 Å². The van der Waals surface area contributed by atoms with Crippen molar-refractivity contribution in [2.24, 2.45) is 0 Å². The van der Waals surface area contributed by atoms with Gasteiger partial charge in [-0.15, -0.1) is 0 Å². The summed E-state index contributed by atoms with van der Waals surface area (Å²) in [6.07, 6.45) is 0. The lowest BCUT2D eigenvalue weighted by Crippen LogP contribution is -2.43. The number of anilines is 1. The Hall–Kier alpha value is -3.21. The van der Waals surface area contributed by atoms with Crippen LogP contribution < -0.4 is 4.90 Å². The molecule has 0 spiro atoms. The molecule has 5 rings (SSSR count). The average molecular weight is 471 g/mol. The second-order valence-corrected chi connectivity index (χ2v) is 8.59. The zero-order chi connectivity index (χ0) is 22.8. The number of carbonyl (C=O) groups is 1. The molecule has 0 bridgehead atoms. The van der Waals surface area contributed by atoms with Gasteiger partial charge in [-0.05, 0) is 6.07 Å². The van der Waals surface area contributed by atoms with Crippen LogP contribution in [-0.4, -0.2) is 60.3 Å². The molecule has 1 amide bonds. The van der Waals surface area contributed by atoms with E-state index in [1.165, 1.54) is 11.0 Å². The van der Waals surface area contributed by atoms with Crippen LogP contribution in [0, 0.1) is 11.6 Å². The Morgan fingerprint density at radius 1 is 1.12 bits per heavy atom. The average Bonchev–Trinajstić information content (AvgIpc) is 3.48. The fourth-order valence-corrected chi connectivity index (χ4v) is 4.69. The Balaban J connectivity index is 1.46. The normalized spacial score (nSPS) is 14.6. The van der Waals surface area contributed by atoms with E-state index in [0.717, 1.165) is 36.1 Å². The first-order valence-electron chi connectivity index (χ1n) is 10.5. The smallest absolute Gasteiger partial charge is 0.282 e. The van der Waals surface area contributed by atoms with Gasteiger partial charge in [-0.2, -0.15) is 0 Å². The highest BCUT2D eigenvalue weighted by Gasteiger charge is 2.26. The van der Waals surface area contributed by atoms with Crippen molar-refractivity contribution in [3.8, 4) is 11.3 Å². The lowest BCUT2D eigenvalue weighted by molar-refractivity contribution is 0.0391. The minimum atomic E-state index is -0.763. The van der Waals surface area contributed by atoms with Crippen molar-refractivity contribution in [1.82, 2.24) is 15.0 Å². The molecule has 0 radical (unpaired) electrons. The summed E-state index contributed by atoms with van der Waals surface area (Å²) >= 11 is 1.06. The fraction of sp³-hybridized carbons (Fsp3) is 0.261. The number of hydrogen-bond donors (Lipinski definition) is 0. The molecule has 0 aliphatic carbocycles. The Bertz CT molecular complexity index is 1270. The molecule has 2 aromatic carbocycles. The van der Waals surface area contributed by atoms with Crippen LogP contribution >= 0.6 is 11.3 Å². The molecular formula is C23H20F2N4O3S. The van der Waals surface area contributed by atoms with Gasteiger partial charge in [0.25, 0.3) is 5.91 Å². The van der Waals surface area contributed by atoms with Crippen molar-refractivity contribution in [1.29, 1.82) is 0 Å². The lowest BCUT2D eigenvalue weighted by Gasteiger charge is -2.28. The summed E-state index contributed by atoms with van der Waals surface area (Å²) in [6, 6.07) is 12.9. The zero-order valence-electron chi connectivity index (χ0n) is 17.5. The number of morpholine rings is 1. The van der Waals surface area contributed by atoms with Gasteiger partial charge >= 0.3 is 0 Å². The predicted molar refractivity (Wildman–Crippen MR) is 120 cm³/mol. The summed E-state index contributed by atoms with van der Waals surface area (Å²) < 4.78 is 39.1. The highest BCUT2D eigenvalue weighted by molar-refractivity contribution is 7.22. The van der Waals surface area contributed by atoms with E-state index in [9.17, 15) is 13.6 Å². The van der Waals surface area contributed by atoms with E-state index < -0.39 is 17.5 Å². The maximum Gasteiger partial charge on any atom is 0.282 e. The van der Waals surface area contributed by atoms with Crippen LogP contribution in [0.5, 0.6) is 0 Å². The van der Waals surface area contributed by atoms with E-state index in [4.69, 9.17) is 9.26 Å². The van der Waals surface area contributed by atoms with Gasteiger partial charge in [0.05, 0.1) is 17.9 Å². The number of ether oxygens (including phenoxy) is 1. The predicted octanol–water partition coefficient (Wildman–Crippen LogP) is 4.21. The van der Waals surface area contributed by atoms with E-state index >= 15 is 0 Å². The molecule has 1 fully saturated rings. The molecule has 0 N–H and O–H groups in total. The highest BCUT2D eigenvalue weighted by atomic mass is 32.1. The molecule has 10 heteroatoms. The minimum absolute atomic E-state index is 0.0331. The second kappa shape index (κ2) is 9.34. The van der Waals surface area contributed by atoms with Crippen molar-refractivity contribution in [3.05, 3.63) is 65.9 Å². The number of benzene rings is 2. The number of nitrogens with zero attached hydrogens (tertiary/aromatic N) is 4. The summed E-state index contributed by atoms with van der Waals surface area (Å²) in [5, 5.41) is 4.24. The maximum atomic E-state index is 14.3. The molecule has 33 heavy (non-hydrogen) atoms. The monoisotopic (exact) mass is 470 g/mol. The van der Waals surface area contributed by atoms with Crippen LogP contribution in [0.4, 0.5) is 13.9 Å². The van der Waals surface area contributed by atoms with Gasteiger partial charge < -0.3 is 9.26 Å². The molecule has 170 valence electrons. The summed E-state index contributed by atoms with van der Waals surface area (Å²) in [4.78, 5) is 21.4. The number of hydrogen-bond acceptors (Lipinski definition) is 7. The van der Waals surface area contributed by atoms with Crippen molar-refractivity contribution in [3.63, 3.8) is 0 Å². The van der Waals surface area contributed by atoms with Crippen LogP contribution in [-0.2, 0) is 4.74 Å². The quantitative estimate of drug-likeness (QED) is 0.421. The Morgan fingerprint density at radius 3 is 2.70 bits per heavy atom. The number of carbonyl (C=O) groups excluding carboxylic acids is 1. The number of rotatable bonds is 6. The van der Waals surface area contributed by atoms with E-state index in [-0.39, 0.29) is 16.3 Å². The Kier molecular flexibility index (Phi) is 6.12. The highest BCUT2D eigenvalue weighted by Crippen LogP contribution is 2.32. The van der Waals surface area contributed by atoms with Crippen molar-refractivity contribution < 1.29 is 22.8 Å².